The first-order valence-corrected chi connectivity index (χ1v) is 7.67. The molecule has 17 heavy (non-hydrogen) atoms. The normalized spacial score (nSPS) is 22.1. The molecule has 1 N–H and O–H groups in total. The minimum absolute atomic E-state index is 0.197. The van der Waals surface area contributed by atoms with Crippen LogP contribution in [0.3, 0.4) is 0 Å². The summed E-state index contributed by atoms with van der Waals surface area (Å²) >= 11 is 0. The number of nitrogens with one attached hydrogen (secondary N) is 1. The van der Waals surface area contributed by atoms with E-state index in [4.69, 9.17) is 0 Å². The van der Waals surface area contributed by atoms with E-state index in [0.717, 1.165) is 19.1 Å². The fraction of sp³-hybridized carbons (Fsp3) is 0.727. The van der Waals surface area contributed by atoms with Crippen LogP contribution in [0.5, 0.6) is 0 Å². The topological polar surface area (TPSA) is 66.5 Å². The van der Waals surface area contributed by atoms with Crippen molar-refractivity contribution in [3.8, 4) is 0 Å². The van der Waals surface area contributed by atoms with Gasteiger partial charge in [0.25, 0.3) is 0 Å². The highest BCUT2D eigenvalue weighted by Crippen LogP contribution is 2.19. The van der Waals surface area contributed by atoms with Crippen LogP contribution in [0.4, 0.5) is 0 Å². The van der Waals surface area contributed by atoms with Gasteiger partial charge in [-0.25, -0.2) is 8.42 Å². The molecule has 1 aliphatic rings. The Morgan fingerprint density at radius 2 is 2.24 bits per heavy atom. The van der Waals surface area contributed by atoms with Gasteiger partial charge in [-0.05, 0) is 19.3 Å². The first-order chi connectivity index (χ1) is 7.96. The Morgan fingerprint density at radius 1 is 1.53 bits per heavy atom. The van der Waals surface area contributed by atoms with Crippen LogP contribution in [0.15, 0.2) is 12.7 Å². The van der Waals surface area contributed by atoms with Gasteiger partial charge < -0.3 is 5.32 Å². The minimum atomic E-state index is -3.30. The van der Waals surface area contributed by atoms with E-state index < -0.39 is 16.1 Å². The van der Waals surface area contributed by atoms with Crippen molar-refractivity contribution >= 4 is 15.9 Å². The molecule has 1 rings (SSSR count). The molecule has 0 radical (unpaired) electrons. The number of amides is 1. The molecular formula is C11H20N2O3S. The number of sulfonamides is 1. The van der Waals surface area contributed by atoms with Gasteiger partial charge in [-0.15, -0.1) is 6.58 Å². The summed E-state index contributed by atoms with van der Waals surface area (Å²) in [5, 5.41) is 2.74. The highest BCUT2D eigenvalue weighted by atomic mass is 32.2. The lowest BCUT2D eigenvalue weighted by atomic mass is 10.0. The predicted molar refractivity (Wildman–Crippen MR) is 67.0 cm³/mol. The smallest absolute Gasteiger partial charge is 0.238 e. The molecule has 5 nitrogen and oxygen atoms in total. The lowest BCUT2D eigenvalue weighted by molar-refractivity contribution is -0.125. The summed E-state index contributed by atoms with van der Waals surface area (Å²) in [4.78, 5) is 11.9. The number of carbonyl (C=O) groups excluding carboxylic acids is 1. The molecule has 98 valence electrons. The van der Waals surface area contributed by atoms with Crippen LogP contribution in [0, 0.1) is 0 Å². The molecular weight excluding hydrogens is 240 g/mol. The average molecular weight is 260 g/mol. The van der Waals surface area contributed by atoms with Crippen LogP contribution >= 0.6 is 0 Å². The maximum Gasteiger partial charge on any atom is 0.238 e. The lowest BCUT2D eigenvalue weighted by Crippen LogP contribution is -2.51. The van der Waals surface area contributed by atoms with Crippen molar-refractivity contribution in [1.82, 2.24) is 9.62 Å². The second kappa shape index (κ2) is 6.16. The molecule has 0 aliphatic carbocycles. The van der Waals surface area contributed by atoms with E-state index in [0.29, 0.717) is 25.9 Å². The van der Waals surface area contributed by atoms with E-state index in [1.807, 2.05) is 0 Å². The van der Waals surface area contributed by atoms with Gasteiger partial charge in [-0.2, -0.15) is 4.31 Å². The highest BCUT2D eigenvalue weighted by molar-refractivity contribution is 7.88. The Morgan fingerprint density at radius 3 is 2.82 bits per heavy atom. The SMILES string of the molecule is C=CCCNC(=O)C1CCCCN1S(C)(=O)=O. The molecule has 0 aromatic heterocycles. The van der Waals surface area contributed by atoms with E-state index in [9.17, 15) is 13.2 Å². The van der Waals surface area contributed by atoms with Crippen LogP contribution < -0.4 is 5.32 Å². The van der Waals surface area contributed by atoms with Crippen molar-refractivity contribution in [3.05, 3.63) is 12.7 Å². The standard InChI is InChI=1S/C11H20N2O3S/c1-3-4-8-12-11(14)10-7-5-6-9-13(10)17(2,15)16/h3,10H,1,4-9H2,2H3,(H,12,14). The minimum Gasteiger partial charge on any atom is -0.354 e. The molecule has 0 aromatic carbocycles. The summed E-state index contributed by atoms with van der Waals surface area (Å²) in [7, 11) is -3.30. The van der Waals surface area contributed by atoms with E-state index in [1.165, 1.54) is 4.31 Å². The number of hydrogen-bond acceptors (Lipinski definition) is 3. The maximum atomic E-state index is 11.9. The molecule has 1 fully saturated rings. The molecule has 0 aromatic rings. The average Bonchev–Trinajstić information content (AvgIpc) is 2.28. The molecule has 1 saturated heterocycles. The molecule has 0 bridgehead atoms. The fourth-order valence-corrected chi connectivity index (χ4v) is 3.10. The number of rotatable bonds is 5. The Bertz CT molecular complexity index is 378. The quantitative estimate of drug-likeness (QED) is 0.578. The number of piperidine rings is 1. The first-order valence-electron chi connectivity index (χ1n) is 5.82. The summed E-state index contributed by atoms with van der Waals surface area (Å²) in [6.07, 6.45) is 5.89. The molecule has 1 aliphatic heterocycles. The Labute approximate surface area is 103 Å². The first kappa shape index (κ1) is 14.2. The fourth-order valence-electron chi connectivity index (χ4n) is 1.98. The predicted octanol–water partition coefficient (Wildman–Crippen LogP) is 0.493. The molecule has 1 unspecified atom stereocenters. The van der Waals surface area contributed by atoms with Crippen molar-refractivity contribution in [2.75, 3.05) is 19.3 Å². The third kappa shape index (κ3) is 4.12. The van der Waals surface area contributed by atoms with Crippen LogP contribution in [-0.2, 0) is 14.8 Å². The molecule has 1 heterocycles. The van der Waals surface area contributed by atoms with Gasteiger partial charge in [0.1, 0.15) is 6.04 Å². The van der Waals surface area contributed by atoms with Gasteiger partial charge in [0.2, 0.25) is 15.9 Å². The Balaban J connectivity index is 2.65. The third-order valence-corrected chi connectivity index (χ3v) is 4.12. The van der Waals surface area contributed by atoms with Crippen LogP contribution in [-0.4, -0.2) is 44.0 Å². The largest absolute Gasteiger partial charge is 0.354 e. The van der Waals surface area contributed by atoms with Crippen molar-refractivity contribution in [3.63, 3.8) is 0 Å². The zero-order chi connectivity index (χ0) is 12.9. The van der Waals surface area contributed by atoms with Crippen molar-refractivity contribution in [1.29, 1.82) is 0 Å². The van der Waals surface area contributed by atoms with Crippen molar-refractivity contribution in [2.45, 2.75) is 31.7 Å². The monoisotopic (exact) mass is 260 g/mol. The van der Waals surface area contributed by atoms with Crippen LogP contribution in [0.1, 0.15) is 25.7 Å². The van der Waals surface area contributed by atoms with Gasteiger partial charge in [-0.1, -0.05) is 12.5 Å². The van der Waals surface area contributed by atoms with Crippen LogP contribution in [0.25, 0.3) is 0 Å². The molecule has 0 saturated carbocycles. The van der Waals surface area contributed by atoms with Gasteiger partial charge in [0, 0.05) is 13.1 Å². The Kier molecular flexibility index (Phi) is 5.14. The molecule has 1 atom stereocenters. The highest BCUT2D eigenvalue weighted by Gasteiger charge is 2.33. The van der Waals surface area contributed by atoms with Gasteiger partial charge >= 0.3 is 0 Å². The van der Waals surface area contributed by atoms with Gasteiger partial charge in [-0.3, -0.25) is 4.79 Å². The van der Waals surface area contributed by atoms with Crippen molar-refractivity contribution in [2.24, 2.45) is 0 Å². The number of nitrogens with zero attached hydrogens (tertiary/aromatic N) is 1. The number of carbonyl (C=O) groups is 1. The lowest BCUT2D eigenvalue weighted by Gasteiger charge is -2.32. The summed E-state index contributed by atoms with van der Waals surface area (Å²) in [5.41, 5.74) is 0. The number of hydrogen-bond donors (Lipinski definition) is 1. The van der Waals surface area contributed by atoms with E-state index in [1.54, 1.807) is 6.08 Å². The van der Waals surface area contributed by atoms with E-state index >= 15 is 0 Å². The van der Waals surface area contributed by atoms with Crippen molar-refractivity contribution < 1.29 is 13.2 Å². The summed E-state index contributed by atoms with van der Waals surface area (Å²) in [5.74, 6) is -0.197. The van der Waals surface area contributed by atoms with Gasteiger partial charge in [0.15, 0.2) is 0 Å². The van der Waals surface area contributed by atoms with E-state index in [2.05, 4.69) is 11.9 Å². The summed E-state index contributed by atoms with van der Waals surface area (Å²) < 4.78 is 24.4. The van der Waals surface area contributed by atoms with E-state index in [-0.39, 0.29) is 5.91 Å². The van der Waals surface area contributed by atoms with Crippen LogP contribution in [0.2, 0.25) is 0 Å². The summed E-state index contributed by atoms with van der Waals surface area (Å²) in [6, 6.07) is -0.538. The maximum absolute atomic E-state index is 11.9. The molecule has 0 spiro atoms. The second-order valence-corrected chi connectivity index (χ2v) is 6.19. The molecule has 6 heteroatoms. The zero-order valence-corrected chi connectivity index (χ0v) is 11.0. The third-order valence-electron chi connectivity index (χ3n) is 2.83. The Hall–Kier alpha value is -0.880. The van der Waals surface area contributed by atoms with Gasteiger partial charge in [0.05, 0.1) is 6.26 Å². The second-order valence-electron chi connectivity index (χ2n) is 4.25. The zero-order valence-electron chi connectivity index (χ0n) is 10.2. The molecule has 1 amide bonds. The summed E-state index contributed by atoms with van der Waals surface area (Å²) in [6.45, 7) is 4.52.